The number of rotatable bonds is 6. The maximum atomic E-state index is 13.1. The Bertz CT molecular complexity index is 984. The van der Waals surface area contributed by atoms with Crippen LogP contribution in [0, 0.1) is 5.92 Å². The van der Waals surface area contributed by atoms with E-state index in [1.165, 1.54) is 0 Å². The summed E-state index contributed by atoms with van der Waals surface area (Å²) in [5.74, 6) is 0.00562. The molecule has 1 aliphatic carbocycles. The first-order chi connectivity index (χ1) is 18.5. The van der Waals surface area contributed by atoms with Crippen LogP contribution in [0.5, 0.6) is 0 Å². The molecule has 4 rings (SSSR count). The van der Waals surface area contributed by atoms with Gasteiger partial charge in [0.05, 0.1) is 12.0 Å². The number of hydrogen-bond donors (Lipinski definition) is 2. The number of methoxy groups -OCH3 is 1. The van der Waals surface area contributed by atoms with Crippen molar-refractivity contribution in [3.63, 3.8) is 0 Å². The van der Waals surface area contributed by atoms with Crippen molar-refractivity contribution in [1.82, 2.24) is 15.1 Å². The molecule has 1 fully saturated rings. The number of nitrogen functional groups attached to an aromatic ring is 1. The Balaban J connectivity index is 0.000000651. The zero-order chi connectivity index (χ0) is 27.9. The fourth-order valence-corrected chi connectivity index (χ4v) is 4.95. The molecular weight excluding hydrogens is 500 g/mol. The summed E-state index contributed by atoms with van der Waals surface area (Å²) in [6, 6.07) is 5.24. The highest BCUT2D eigenvalue weighted by atomic mass is 35.5. The van der Waals surface area contributed by atoms with E-state index in [9.17, 15) is 9.59 Å². The monoisotopic (exact) mass is 544 g/mol. The van der Waals surface area contributed by atoms with Gasteiger partial charge in [-0.05, 0) is 55.0 Å². The average Bonchev–Trinajstić information content (AvgIpc) is 3.22. The molecule has 1 saturated heterocycles. The number of nitrogens with one attached hydrogen (secondary N) is 1. The molecule has 2 atom stereocenters. The van der Waals surface area contributed by atoms with Crippen LogP contribution < -0.4 is 11.1 Å². The molecule has 7 nitrogen and oxygen atoms in total. The number of nitrogens with two attached hydrogens (primary N) is 1. The van der Waals surface area contributed by atoms with E-state index < -0.39 is 0 Å². The normalized spacial score (nSPS) is 21.1. The van der Waals surface area contributed by atoms with E-state index in [4.69, 9.17) is 22.1 Å². The van der Waals surface area contributed by atoms with Gasteiger partial charge in [-0.3, -0.25) is 9.59 Å². The summed E-state index contributed by atoms with van der Waals surface area (Å²) in [5.41, 5.74) is 9.86. The molecule has 0 bridgehead atoms. The zero-order valence-electron chi connectivity index (χ0n) is 23.4. The highest BCUT2D eigenvalue weighted by molar-refractivity contribution is 6.30. The summed E-state index contributed by atoms with van der Waals surface area (Å²) < 4.78 is 4.69. The Labute approximate surface area is 233 Å². The van der Waals surface area contributed by atoms with Crippen molar-refractivity contribution in [1.29, 1.82) is 0 Å². The third-order valence-corrected chi connectivity index (χ3v) is 6.93. The summed E-state index contributed by atoms with van der Waals surface area (Å²) in [6.45, 7) is 10.7. The number of hydrogen-bond acceptors (Lipinski definition) is 5. The standard InChI is InChI=1S/C24H29ClN4O2.C4H10O.C2H6/c25-20-5-6-22(26)21(15-20)17-7-10-29(16-30)23(14-17)18-3-1-2-4-19(13-18)24(31)28-11-8-27-9-12-28;1-3-4-5-2;1-2/h1,3,5-6,13-16,19,23,27H,2,4,7-12,26H2;3-4H2,1-2H3;1-2H3. The van der Waals surface area contributed by atoms with E-state index in [0.29, 0.717) is 23.7 Å². The van der Waals surface area contributed by atoms with Crippen molar-refractivity contribution < 1.29 is 14.3 Å². The quantitative estimate of drug-likeness (QED) is 0.391. The smallest absolute Gasteiger partial charge is 0.229 e. The van der Waals surface area contributed by atoms with Gasteiger partial charge in [-0.1, -0.05) is 56.7 Å². The number of nitrogens with zero attached hydrogens (tertiary/aromatic N) is 2. The van der Waals surface area contributed by atoms with Gasteiger partial charge >= 0.3 is 0 Å². The molecule has 3 N–H and O–H groups in total. The zero-order valence-corrected chi connectivity index (χ0v) is 24.2. The first kappa shape index (κ1) is 31.6. The third kappa shape index (κ3) is 9.00. The summed E-state index contributed by atoms with van der Waals surface area (Å²) in [7, 11) is 1.71. The van der Waals surface area contributed by atoms with E-state index >= 15 is 0 Å². The number of carbonyl (C=O) groups excluding carboxylic acids is 2. The molecule has 8 heteroatoms. The van der Waals surface area contributed by atoms with E-state index in [2.05, 4.69) is 36.5 Å². The predicted molar refractivity (Wildman–Crippen MR) is 158 cm³/mol. The number of piperazine rings is 1. The van der Waals surface area contributed by atoms with Crippen molar-refractivity contribution >= 4 is 35.2 Å². The Morgan fingerprint density at radius 1 is 1.21 bits per heavy atom. The second-order valence-corrected chi connectivity index (χ2v) is 9.72. The van der Waals surface area contributed by atoms with Crippen LogP contribution in [0.4, 0.5) is 5.69 Å². The molecule has 0 saturated carbocycles. The average molecular weight is 545 g/mol. The van der Waals surface area contributed by atoms with Crippen LogP contribution in [-0.2, 0) is 14.3 Å². The number of benzene rings is 1. The molecule has 1 aromatic carbocycles. The maximum Gasteiger partial charge on any atom is 0.229 e. The molecule has 1 aromatic rings. The lowest BCUT2D eigenvalue weighted by atomic mass is 9.90. The Morgan fingerprint density at radius 2 is 1.95 bits per heavy atom. The van der Waals surface area contributed by atoms with Gasteiger partial charge in [0.2, 0.25) is 12.3 Å². The van der Waals surface area contributed by atoms with Crippen LogP contribution in [0.1, 0.15) is 52.0 Å². The van der Waals surface area contributed by atoms with Crippen LogP contribution in [0.2, 0.25) is 5.02 Å². The van der Waals surface area contributed by atoms with Gasteiger partial charge in [0.1, 0.15) is 0 Å². The first-order valence-electron chi connectivity index (χ1n) is 13.8. The van der Waals surface area contributed by atoms with Crippen LogP contribution in [0.25, 0.3) is 5.57 Å². The highest BCUT2D eigenvalue weighted by Crippen LogP contribution is 2.34. The van der Waals surface area contributed by atoms with Crippen molar-refractivity contribution in [3.8, 4) is 0 Å². The van der Waals surface area contributed by atoms with Gasteiger partial charge < -0.3 is 25.6 Å². The molecular formula is C30H45ClN4O3. The van der Waals surface area contributed by atoms with Crippen molar-refractivity contribution in [2.75, 3.05) is 52.2 Å². The Kier molecular flexibility index (Phi) is 14.2. The summed E-state index contributed by atoms with van der Waals surface area (Å²) in [4.78, 5) is 28.7. The second-order valence-electron chi connectivity index (χ2n) is 9.28. The van der Waals surface area contributed by atoms with E-state index in [-0.39, 0.29) is 17.9 Å². The molecule has 0 spiro atoms. The molecule has 2 unspecified atom stereocenters. The highest BCUT2D eigenvalue weighted by Gasteiger charge is 2.29. The van der Waals surface area contributed by atoms with Gasteiger partial charge in [0.15, 0.2) is 0 Å². The molecule has 3 aliphatic rings. The molecule has 2 heterocycles. The molecule has 0 radical (unpaired) electrons. The topological polar surface area (TPSA) is 87.9 Å². The first-order valence-corrected chi connectivity index (χ1v) is 14.2. The summed E-state index contributed by atoms with van der Waals surface area (Å²) in [6.07, 6.45) is 12.7. The van der Waals surface area contributed by atoms with Crippen molar-refractivity contribution in [3.05, 3.63) is 58.7 Å². The van der Waals surface area contributed by atoms with Gasteiger partial charge in [0, 0.05) is 62.7 Å². The summed E-state index contributed by atoms with van der Waals surface area (Å²) >= 11 is 6.21. The van der Waals surface area contributed by atoms with Gasteiger partial charge in [-0.25, -0.2) is 0 Å². The second kappa shape index (κ2) is 17.1. The number of anilines is 1. The number of carbonyl (C=O) groups is 2. The number of ether oxygens (including phenoxy) is 1. The molecule has 210 valence electrons. The van der Waals surface area contributed by atoms with E-state index in [1.807, 2.05) is 30.9 Å². The minimum Gasteiger partial charge on any atom is -0.398 e. The number of amides is 2. The minimum atomic E-state index is -0.229. The predicted octanol–water partition coefficient (Wildman–Crippen LogP) is 4.93. The van der Waals surface area contributed by atoms with E-state index in [0.717, 1.165) is 75.2 Å². The lowest BCUT2D eigenvalue weighted by Gasteiger charge is -2.34. The number of halogens is 1. The van der Waals surface area contributed by atoms with Crippen molar-refractivity contribution in [2.45, 2.75) is 52.5 Å². The fourth-order valence-electron chi connectivity index (χ4n) is 4.78. The molecule has 38 heavy (non-hydrogen) atoms. The lowest BCUT2D eigenvalue weighted by molar-refractivity contribution is -0.134. The summed E-state index contributed by atoms with van der Waals surface area (Å²) in [5, 5.41) is 3.93. The minimum absolute atomic E-state index is 0.174. The molecule has 2 amide bonds. The van der Waals surface area contributed by atoms with Crippen LogP contribution in [0.3, 0.4) is 0 Å². The Hall–Kier alpha value is -2.61. The largest absolute Gasteiger partial charge is 0.398 e. The van der Waals surface area contributed by atoms with Gasteiger partial charge in [-0.15, -0.1) is 0 Å². The number of allylic oxidation sites excluding steroid dienone is 1. The Morgan fingerprint density at radius 3 is 2.58 bits per heavy atom. The van der Waals surface area contributed by atoms with Crippen LogP contribution >= 0.6 is 11.6 Å². The van der Waals surface area contributed by atoms with Gasteiger partial charge in [-0.2, -0.15) is 0 Å². The van der Waals surface area contributed by atoms with E-state index in [1.54, 1.807) is 18.1 Å². The third-order valence-electron chi connectivity index (χ3n) is 6.70. The van der Waals surface area contributed by atoms with Gasteiger partial charge in [0.25, 0.3) is 0 Å². The molecule has 0 aromatic heterocycles. The van der Waals surface area contributed by atoms with Crippen LogP contribution in [-0.4, -0.2) is 74.6 Å². The molecule has 2 aliphatic heterocycles. The lowest BCUT2D eigenvalue weighted by Crippen LogP contribution is -2.48. The SMILES string of the molecule is CC.CCCOC.Nc1ccc(Cl)cc1C1=CC(C2=CC(C(=O)N3CCNCC3)CCC=C2)N(C=O)CC1. The van der Waals surface area contributed by atoms with Crippen LogP contribution in [0.15, 0.2) is 48.1 Å². The van der Waals surface area contributed by atoms with Crippen molar-refractivity contribution in [2.24, 2.45) is 5.92 Å². The maximum absolute atomic E-state index is 13.1. The fraction of sp³-hybridized carbons (Fsp3) is 0.533.